The zero-order valence-electron chi connectivity index (χ0n) is 10.7. The van der Waals surface area contributed by atoms with Crippen LogP contribution in [0.2, 0.25) is 0 Å². The van der Waals surface area contributed by atoms with Gasteiger partial charge in [0.2, 0.25) is 0 Å². The van der Waals surface area contributed by atoms with Crippen molar-refractivity contribution in [2.24, 2.45) is 5.73 Å². The molecule has 3 N–H and O–H groups in total. The second-order valence-corrected chi connectivity index (χ2v) is 5.09. The molecule has 0 saturated heterocycles. The molecule has 0 aliphatic rings. The number of aryl methyl sites for hydroxylation is 1. The predicted octanol–water partition coefficient (Wildman–Crippen LogP) is 1.86. The Kier molecular flexibility index (Phi) is 4.42. The van der Waals surface area contributed by atoms with Crippen LogP contribution < -0.4 is 11.1 Å². The fourth-order valence-corrected chi connectivity index (χ4v) is 1.73. The summed E-state index contributed by atoms with van der Waals surface area (Å²) in [5.41, 5.74) is 7.13. The van der Waals surface area contributed by atoms with E-state index in [-0.39, 0.29) is 5.54 Å². The van der Waals surface area contributed by atoms with E-state index in [9.17, 15) is 0 Å². The third-order valence-electron chi connectivity index (χ3n) is 2.26. The molecule has 4 nitrogen and oxygen atoms in total. The van der Waals surface area contributed by atoms with Crippen LogP contribution in [0.3, 0.4) is 0 Å². The van der Waals surface area contributed by atoms with Crippen LogP contribution in [0.15, 0.2) is 12.1 Å². The maximum Gasteiger partial charge on any atom is 0.136 e. The van der Waals surface area contributed by atoms with Crippen molar-refractivity contribution in [1.29, 1.82) is 0 Å². The first kappa shape index (κ1) is 13.9. The van der Waals surface area contributed by atoms with Gasteiger partial charge in [-0.25, -0.2) is 4.98 Å². The van der Waals surface area contributed by atoms with Crippen molar-refractivity contribution in [2.45, 2.75) is 26.3 Å². The SMILES string of the molecule is COCC(C)(C)Nc1nc(C)ccc1C(N)=S. The number of nitrogens with zero attached hydrogens (tertiary/aromatic N) is 1. The number of rotatable bonds is 5. The van der Waals surface area contributed by atoms with E-state index >= 15 is 0 Å². The third-order valence-corrected chi connectivity index (χ3v) is 2.48. The van der Waals surface area contributed by atoms with E-state index < -0.39 is 0 Å². The molecule has 0 aromatic carbocycles. The van der Waals surface area contributed by atoms with Crippen molar-refractivity contribution in [3.63, 3.8) is 0 Å². The molecule has 0 spiro atoms. The second-order valence-electron chi connectivity index (χ2n) is 4.65. The minimum Gasteiger partial charge on any atom is -0.389 e. The Bertz CT molecular complexity index is 418. The van der Waals surface area contributed by atoms with Gasteiger partial charge in [-0.2, -0.15) is 0 Å². The lowest BCUT2D eigenvalue weighted by Gasteiger charge is -2.27. The number of hydrogen-bond acceptors (Lipinski definition) is 4. The highest BCUT2D eigenvalue weighted by atomic mass is 32.1. The monoisotopic (exact) mass is 253 g/mol. The average Bonchev–Trinajstić information content (AvgIpc) is 2.15. The fourth-order valence-electron chi connectivity index (χ4n) is 1.57. The Morgan fingerprint density at radius 1 is 1.53 bits per heavy atom. The van der Waals surface area contributed by atoms with Gasteiger partial charge in [-0.3, -0.25) is 0 Å². The standard InChI is InChI=1S/C12H19N3OS/c1-8-5-6-9(10(13)17)11(14-8)15-12(2,3)7-16-4/h5-6H,7H2,1-4H3,(H2,13,17)(H,14,15). The topological polar surface area (TPSA) is 60.2 Å². The lowest BCUT2D eigenvalue weighted by atomic mass is 10.1. The molecule has 0 fully saturated rings. The first-order valence-electron chi connectivity index (χ1n) is 5.40. The Hall–Kier alpha value is -1.20. The van der Waals surface area contributed by atoms with Gasteiger partial charge in [0.1, 0.15) is 10.8 Å². The number of ether oxygens (including phenoxy) is 1. The Morgan fingerprint density at radius 3 is 2.71 bits per heavy atom. The van der Waals surface area contributed by atoms with Gasteiger partial charge in [0, 0.05) is 12.8 Å². The van der Waals surface area contributed by atoms with Gasteiger partial charge in [0.15, 0.2) is 0 Å². The molecule has 0 unspecified atom stereocenters. The highest BCUT2D eigenvalue weighted by Crippen LogP contribution is 2.18. The molecule has 1 aromatic heterocycles. The third kappa shape index (κ3) is 3.94. The highest BCUT2D eigenvalue weighted by molar-refractivity contribution is 7.80. The molecule has 0 aliphatic carbocycles. The Balaban J connectivity index is 3.04. The van der Waals surface area contributed by atoms with Gasteiger partial charge in [-0.05, 0) is 32.9 Å². The molecule has 0 radical (unpaired) electrons. The van der Waals surface area contributed by atoms with Gasteiger partial charge in [0.05, 0.1) is 17.7 Å². The summed E-state index contributed by atoms with van der Waals surface area (Å²) in [4.78, 5) is 4.77. The zero-order valence-corrected chi connectivity index (χ0v) is 11.5. The molecule has 0 atom stereocenters. The van der Waals surface area contributed by atoms with Crippen molar-refractivity contribution >= 4 is 23.0 Å². The molecule has 1 aromatic rings. The van der Waals surface area contributed by atoms with E-state index in [0.717, 1.165) is 11.3 Å². The number of nitrogens with one attached hydrogen (secondary N) is 1. The van der Waals surface area contributed by atoms with Crippen LogP contribution in [0.25, 0.3) is 0 Å². The van der Waals surface area contributed by atoms with Crippen molar-refractivity contribution in [3.05, 3.63) is 23.4 Å². The van der Waals surface area contributed by atoms with Crippen LogP contribution in [0.1, 0.15) is 25.1 Å². The van der Waals surface area contributed by atoms with Crippen LogP contribution in [0.4, 0.5) is 5.82 Å². The summed E-state index contributed by atoms with van der Waals surface area (Å²) >= 11 is 5.01. The molecule has 1 heterocycles. The summed E-state index contributed by atoms with van der Waals surface area (Å²) in [6.45, 7) is 6.56. The first-order chi connectivity index (χ1) is 7.85. The van der Waals surface area contributed by atoms with Crippen LogP contribution >= 0.6 is 12.2 Å². The van der Waals surface area contributed by atoms with Crippen molar-refractivity contribution in [2.75, 3.05) is 19.0 Å². The molecule has 0 amide bonds. The Morgan fingerprint density at radius 2 is 2.18 bits per heavy atom. The number of anilines is 1. The van der Waals surface area contributed by atoms with Crippen LogP contribution in [0, 0.1) is 6.92 Å². The molecule has 0 bridgehead atoms. The first-order valence-corrected chi connectivity index (χ1v) is 5.81. The van der Waals surface area contributed by atoms with Gasteiger partial charge < -0.3 is 15.8 Å². The number of methoxy groups -OCH3 is 1. The van der Waals surface area contributed by atoms with E-state index in [1.165, 1.54) is 0 Å². The molecule has 94 valence electrons. The number of hydrogen-bond donors (Lipinski definition) is 2. The van der Waals surface area contributed by atoms with Crippen LogP contribution in [0.5, 0.6) is 0 Å². The smallest absolute Gasteiger partial charge is 0.136 e. The molecule has 5 heteroatoms. The van der Waals surface area contributed by atoms with Crippen LogP contribution in [-0.2, 0) is 4.74 Å². The fraction of sp³-hybridized carbons (Fsp3) is 0.500. The minimum atomic E-state index is -0.227. The number of aromatic nitrogens is 1. The number of pyridine rings is 1. The van der Waals surface area contributed by atoms with E-state index in [0.29, 0.717) is 17.4 Å². The zero-order chi connectivity index (χ0) is 13.1. The van der Waals surface area contributed by atoms with Gasteiger partial charge in [0.25, 0.3) is 0 Å². The summed E-state index contributed by atoms with van der Waals surface area (Å²) in [6, 6.07) is 3.78. The molecule has 0 aliphatic heterocycles. The van der Waals surface area contributed by atoms with Crippen molar-refractivity contribution in [3.8, 4) is 0 Å². The molecule has 0 saturated carbocycles. The largest absolute Gasteiger partial charge is 0.389 e. The van der Waals surface area contributed by atoms with Gasteiger partial charge >= 0.3 is 0 Å². The quantitative estimate of drug-likeness (QED) is 0.784. The normalized spacial score (nSPS) is 11.3. The predicted molar refractivity (Wildman–Crippen MR) is 74.4 cm³/mol. The summed E-state index contributed by atoms with van der Waals surface area (Å²) in [5.74, 6) is 0.708. The van der Waals surface area contributed by atoms with Crippen molar-refractivity contribution in [1.82, 2.24) is 4.98 Å². The van der Waals surface area contributed by atoms with E-state index in [1.54, 1.807) is 7.11 Å². The Labute approximate surface area is 108 Å². The van der Waals surface area contributed by atoms with Crippen molar-refractivity contribution < 1.29 is 4.74 Å². The summed E-state index contributed by atoms with van der Waals surface area (Å²) in [6.07, 6.45) is 0. The summed E-state index contributed by atoms with van der Waals surface area (Å²) < 4.78 is 5.16. The summed E-state index contributed by atoms with van der Waals surface area (Å²) in [7, 11) is 1.67. The van der Waals surface area contributed by atoms with E-state index in [1.807, 2.05) is 32.9 Å². The van der Waals surface area contributed by atoms with Crippen LogP contribution in [-0.4, -0.2) is 29.2 Å². The molecule has 1 rings (SSSR count). The lowest BCUT2D eigenvalue weighted by molar-refractivity contribution is 0.158. The molecular weight excluding hydrogens is 234 g/mol. The minimum absolute atomic E-state index is 0.227. The summed E-state index contributed by atoms with van der Waals surface area (Å²) in [5, 5.41) is 3.31. The number of nitrogens with two attached hydrogens (primary N) is 1. The van der Waals surface area contributed by atoms with Gasteiger partial charge in [-0.15, -0.1) is 0 Å². The van der Waals surface area contributed by atoms with E-state index in [2.05, 4.69) is 10.3 Å². The average molecular weight is 253 g/mol. The second kappa shape index (κ2) is 5.42. The maximum atomic E-state index is 5.68. The lowest BCUT2D eigenvalue weighted by Crippen LogP contribution is -2.37. The molecular formula is C12H19N3OS. The molecule has 17 heavy (non-hydrogen) atoms. The van der Waals surface area contributed by atoms with E-state index in [4.69, 9.17) is 22.7 Å². The maximum absolute atomic E-state index is 5.68. The highest BCUT2D eigenvalue weighted by Gasteiger charge is 2.20. The van der Waals surface area contributed by atoms with Gasteiger partial charge in [-0.1, -0.05) is 12.2 Å². The number of thiocarbonyl (C=S) groups is 1.